The molecular weight excluding hydrogens is 292 g/mol. The lowest BCUT2D eigenvalue weighted by Gasteiger charge is -2.12. The van der Waals surface area contributed by atoms with Gasteiger partial charge in [-0.15, -0.1) is 11.3 Å². The van der Waals surface area contributed by atoms with Gasteiger partial charge in [-0.3, -0.25) is 4.79 Å². The van der Waals surface area contributed by atoms with E-state index in [0.29, 0.717) is 6.54 Å². The van der Waals surface area contributed by atoms with E-state index in [1.165, 1.54) is 0 Å². The number of hydrogen-bond acceptors (Lipinski definition) is 3. The molecule has 2 rings (SSSR count). The molecule has 0 fully saturated rings. The highest BCUT2D eigenvalue weighted by atomic mass is 32.1. The Hall–Kier alpha value is -1.68. The average Bonchev–Trinajstić information content (AvgIpc) is 3.03. The zero-order valence-electron chi connectivity index (χ0n) is 13.6. The molecule has 1 amide bonds. The fourth-order valence-electron chi connectivity index (χ4n) is 2.36. The van der Waals surface area contributed by atoms with Crippen LogP contribution in [0, 0.1) is 5.92 Å². The molecule has 1 aromatic heterocycles. The number of thiazole rings is 1. The Balaban J connectivity index is 1.96. The second-order valence-corrected chi connectivity index (χ2v) is 6.28. The molecule has 0 spiro atoms. The van der Waals surface area contributed by atoms with Crippen molar-refractivity contribution in [1.29, 1.82) is 0 Å². The number of amides is 1. The zero-order chi connectivity index (χ0) is 15.9. The molecule has 1 N–H and O–H groups in total. The highest BCUT2D eigenvalue weighted by Crippen LogP contribution is 2.24. The first-order chi connectivity index (χ1) is 10.7. The quantitative estimate of drug-likeness (QED) is 0.821. The highest BCUT2D eigenvalue weighted by molar-refractivity contribution is 7.13. The van der Waals surface area contributed by atoms with E-state index in [1.54, 1.807) is 11.3 Å². The molecule has 0 aliphatic rings. The van der Waals surface area contributed by atoms with Gasteiger partial charge in [-0.05, 0) is 24.8 Å². The van der Waals surface area contributed by atoms with E-state index in [-0.39, 0.29) is 11.8 Å². The van der Waals surface area contributed by atoms with E-state index in [4.69, 9.17) is 0 Å². The van der Waals surface area contributed by atoms with Crippen molar-refractivity contribution in [2.45, 2.75) is 46.6 Å². The summed E-state index contributed by atoms with van der Waals surface area (Å²) in [4.78, 5) is 16.6. The predicted molar refractivity (Wildman–Crippen MR) is 92.8 cm³/mol. The van der Waals surface area contributed by atoms with Gasteiger partial charge in [-0.25, -0.2) is 4.98 Å². The van der Waals surface area contributed by atoms with Crippen LogP contribution in [0.1, 0.15) is 44.9 Å². The number of benzene rings is 1. The molecule has 2 aromatic rings. The van der Waals surface area contributed by atoms with E-state index < -0.39 is 0 Å². The summed E-state index contributed by atoms with van der Waals surface area (Å²) in [6, 6.07) is 8.29. The molecule has 4 heteroatoms. The Morgan fingerprint density at radius 1 is 1.18 bits per heavy atom. The number of rotatable bonds is 7. The van der Waals surface area contributed by atoms with Crippen molar-refractivity contribution in [2.75, 3.05) is 0 Å². The molecular formula is C18H24N2OS. The van der Waals surface area contributed by atoms with Crippen LogP contribution in [0.25, 0.3) is 10.6 Å². The lowest BCUT2D eigenvalue weighted by molar-refractivity contribution is -0.125. The Morgan fingerprint density at radius 2 is 1.86 bits per heavy atom. The molecule has 1 heterocycles. The van der Waals surface area contributed by atoms with Gasteiger partial charge < -0.3 is 5.32 Å². The van der Waals surface area contributed by atoms with Gasteiger partial charge >= 0.3 is 0 Å². The normalized spacial score (nSPS) is 10.9. The second kappa shape index (κ2) is 8.08. The van der Waals surface area contributed by atoms with Crippen molar-refractivity contribution < 1.29 is 4.79 Å². The number of nitrogens with one attached hydrogen (secondary N) is 1. The third-order valence-electron chi connectivity index (χ3n) is 3.94. The van der Waals surface area contributed by atoms with Gasteiger partial charge in [0.2, 0.25) is 5.91 Å². The molecule has 1 aromatic carbocycles. The third kappa shape index (κ3) is 4.17. The molecule has 22 heavy (non-hydrogen) atoms. The van der Waals surface area contributed by atoms with Crippen molar-refractivity contribution in [2.24, 2.45) is 5.92 Å². The Morgan fingerprint density at radius 3 is 2.41 bits per heavy atom. The summed E-state index contributed by atoms with van der Waals surface area (Å²) < 4.78 is 0. The van der Waals surface area contributed by atoms with Crippen LogP contribution in [0.3, 0.4) is 0 Å². The van der Waals surface area contributed by atoms with E-state index in [1.807, 2.05) is 0 Å². The van der Waals surface area contributed by atoms with Gasteiger partial charge in [0.15, 0.2) is 0 Å². The molecule has 0 atom stereocenters. The number of hydrogen-bond donors (Lipinski definition) is 1. The van der Waals surface area contributed by atoms with Crippen molar-refractivity contribution in [1.82, 2.24) is 10.3 Å². The molecule has 3 nitrogen and oxygen atoms in total. The van der Waals surface area contributed by atoms with Gasteiger partial charge in [0.25, 0.3) is 0 Å². The van der Waals surface area contributed by atoms with Gasteiger partial charge in [-0.2, -0.15) is 0 Å². The smallest absolute Gasteiger partial charge is 0.223 e. The van der Waals surface area contributed by atoms with Crippen LogP contribution in [-0.4, -0.2) is 10.9 Å². The fourth-order valence-corrected chi connectivity index (χ4v) is 3.27. The fraction of sp³-hybridized carbons (Fsp3) is 0.444. The third-order valence-corrected chi connectivity index (χ3v) is 4.88. The zero-order valence-corrected chi connectivity index (χ0v) is 14.4. The van der Waals surface area contributed by atoms with Crippen molar-refractivity contribution >= 4 is 17.2 Å². The number of aromatic nitrogens is 1. The molecule has 0 saturated heterocycles. The van der Waals surface area contributed by atoms with Gasteiger partial charge in [0.1, 0.15) is 5.01 Å². The summed E-state index contributed by atoms with van der Waals surface area (Å²) in [6.45, 7) is 6.82. The van der Waals surface area contributed by atoms with Crippen molar-refractivity contribution in [3.05, 3.63) is 40.9 Å². The molecule has 0 saturated carbocycles. The molecule has 0 aliphatic carbocycles. The summed E-state index contributed by atoms with van der Waals surface area (Å²) in [7, 11) is 0. The largest absolute Gasteiger partial charge is 0.352 e. The predicted octanol–water partition coefficient (Wildman–Crippen LogP) is 4.42. The SMILES string of the molecule is CCc1csc(-c2ccc(CNC(=O)C(CC)CC)cc2)n1. The van der Waals surface area contributed by atoms with Crippen LogP contribution < -0.4 is 5.32 Å². The van der Waals surface area contributed by atoms with E-state index in [2.05, 4.69) is 60.7 Å². The average molecular weight is 316 g/mol. The molecule has 0 radical (unpaired) electrons. The standard InChI is InChI=1S/C18H24N2OS/c1-4-14(5-2)17(21)19-11-13-7-9-15(10-8-13)18-20-16(6-3)12-22-18/h7-10,12,14H,4-6,11H2,1-3H3,(H,19,21). The first-order valence-corrected chi connectivity index (χ1v) is 8.87. The van der Waals surface area contributed by atoms with Crippen LogP contribution >= 0.6 is 11.3 Å². The molecule has 0 bridgehead atoms. The minimum Gasteiger partial charge on any atom is -0.352 e. The summed E-state index contributed by atoms with van der Waals surface area (Å²) in [6.07, 6.45) is 2.76. The van der Waals surface area contributed by atoms with Crippen molar-refractivity contribution in [3.63, 3.8) is 0 Å². The molecule has 0 unspecified atom stereocenters. The maximum atomic E-state index is 12.0. The number of nitrogens with zero attached hydrogens (tertiary/aromatic N) is 1. The van der Waals surface area contributed by atoms with E-state index in [0.717, 1.165) is 41.1 Å². The summed E-state index contributed by atoms with van der Waals surface area (Å²) >= 11 is 1.68. The molecule has 118 valence electrons. The Bertz CT molecular complexity index is 600. The summed E-state index contributed by atoms with van der Waals surface area (Å²) in [5.74, 6) is 0.281. The van der Waals surface area contributed by atoms with Crippen LogP contribution in [0.5, 0.6) is 0 Å². The highest BCUT2D eigenvalue weighted by Gasteiger charge is 2.13. The maximum Gasteiger partial charge on any atom is 0.223 e. The monoisotopic (exact) mass is 316 g/mol. The summed E-state index contributed by atoms with van der Waals surface area (Å²) in [5, 5.41) is 6.19. The van der Waals surface area contributed by atoms with Crippen LogP contribution in [-0.2, 0) is 17.8 Å². The maximum absolute atomic E-state index is 12.0. The van der Waals surface area contributed by atoms with Gasteiger partial charge in [-0.1, -0.05) is 45.0 Å². The van der Waals surface area contributed by atoms with Gasteiger partial charge in [0, 0.05) is 23.4 Å². The topological polar surface area (TPSA) is 42.0 Å². The first kappa shape index (κ1) is 16.7. The van der Waals surface area contributed by atoms with Crippen LogP contribution in [0.15, 0.2) is 29.6 Å². The van der Waals surface area contributed by atoms with Gasteiger partial charge in [0.05, 0.1) is 5.69 Å². The van der Waals surface area contributed by atoms with Crippen LogP contribution in [0.4, 0.5) is 0 Å². The number of carbonyl (C=O) groups excluding carboxylic acids is 1. The molecule has 0 aliphatic heterocycles. The summed E-state index contributed by atoms with van der Waals surface area (Å²) in [5.41, 5.74) is 3.40. The Kier molecular flexibility index (Phi) is 6.13. The minimum absolute atomic E-state index is 0.127. The van der Waals surface area contributed by atoms with Crippen molar-refractivity contribution in [3.8, 4) is 10.6 Å². The Labute approximate surface area is 136 Å². The first-order valence-electron chi connectivity index (χ1n) is 7.99. The lowest BCUT2D eigenvalue weighted by atomic mass is 10.0. The van der Waals surface area contributed by atoms with Crippen LogP contribution in [0.2, 0.25) is 0 Å². The minimum atomic E-state index is 0.127. The second-order valence-electron chi connectivity index (χ2n) is 5.43. The van der Waals surface area contributed by atoms with E-state index in [9.17, 15) is 4.79 Å². The lowest BCUT2D eigenvalue weighted by Crippen LogP contribution is -2.29. The number of carbonyl (C=O) groups is 1. The van der Waals surface area contributed by atoms with E-state index >= 15 is 0 Å². The number of aryl methyl sites for hydroxylation is 1.